The van der Waals surface area contributed by atoms with E-state index in [0.717, 1.165) is 18.4 Å². The summed E-state index contributed by atoms with van der Waals surface area (Å²) in [5.74, 6) is 0. The fourth-order valence-electron chi connectivity index (χ4n) is 3.29. The molecular formula is C19H21Cl2NO2S. The number of hydrogen-bond acceptors (Lipinski definition) is 2. The van der Waals surface area contributed by atoms with Crippen LogP contribution in [0.2, 0.25) is 10.0 Å². The first kappa shape index (κ1) is 18.7. The van der Waals surface area contributed by atoms with Crippen molar-refractivity contribution in [2.45, 2.75) is 50.0 Å². The molecule has 1 unspecified atom stereocenters. The Kier molecular flexibility index (Phi) is 5.74. The molecule has 3 rings (SSSR count). The first-order valence-electron chi connectivity index (χ1n) is 8.50. The van der Waals surface area contributed by atoms with Gasteiger partial charge in [0.1, 0.15) is 4.90 Å². The van der Waals surface area contributed by atoms with Crippen LogP contribution in [0.4, 0.5) is 0 Å². The van der Waals surface area contributed by atoms with Gasteiger partial charge in [-0.3, -0.25) is 0 Å². The van der Waals surface area contributed by atoms with E-state index >= 15 is 0 Å². The summed E-state index contributed by atoms with van der Waals surface area (Å²) < 4.78 is 28.3. The largest absolute Gasteiger partial charge is 0.242 e. The molecular weight excluding hydrogens is 377 g/mol. The quantitative estimate of drug-likeness (QED) is 0.743. The number of halogens is 2. The zero-order valence-electron chi connectivity index (χ0n) is 14.1. The SMILES string of the molecule is CCC(NS(=O)(=O)c1cc(Cl)ccc1Cl)c1ccc2c(c1)CCCC2. The smallest absolute Gasteiger partial charge is 0.207 e. The molecule has 2 aromatic rings. The van der Waals surface area contributed by atoms with Gasteiger partial charge in [-0.2, -0.15) is 0 Å². The highest BCUT2D eigenvalue weighted by atomic mass is 35.5. The number of rotatable bonds is 5. The third-order valence-electron chi connectivity index (χ3n) is 4.66. The van der Waals surface area contributed by atoms with Crippen molar-refractivity contribution in [2.75, 3.05) is 0 Å². The average Bonchev–Trinajstić information content (AvgIpc) is 2.61. The monoisotopic (exact) mass is 397 g/mol. The average molecular weight is 398 g/mol. The maximum absolute atomic E-state index is 12.8. The molecule has 0 bridgehead atoms. The Labute approximate surface area is 159 Å². The van der Waals surface area contributed by atoms with E-state index < -0.39 is 10.0 Å². The van der Waals surface area contributed by atoms with Gasteiger partial charge in [-0.25, -0.2) is 13.1 Å². The summed E-state index contributed by atoms with van der Waals surface area (Å²) in [6, 6.07) is 10.5. The van der Waals surface area contributed by atoms with E-state index in [4.69, 9.17) is 23.2 Å². The predicted octanol–water partition coefficient (Wildman–Crippen LogP) is 5.30. The highest BCUT2D eigenvalue weighted by Gasteiger charge is 2.24. The number of hydrogen-bond donors (Lipinski definition) is 1. The van der Waals surface area contributed by atoms with Crippen LogP contribution in [-0.2, 0) is 22.9 Å². The van der Waals surface area contributed by atoms with Crippen molar-refractivity contribution in [3.05, 3.63) is 63.1 Å². The topological polar surface area (TPSA) is 46.2 Å². The van der Waals surface area contributed by atoms with Crippen molar-refractivity contribution in [1.29, 1.82) is 0 Å². The van der Waals surface area contributed by atoms with Crippen molar-refractivity contribution >= 4 is 33.2 Å². The molecule has 1 N–H and O–H groups in total. The van der Waals surface area contributed by atoms with E-state index in [-0.39, 0.29) is 16.0 Å². The number of aryl methyl sites for hydroxylation is 2. The van der Waals surface area contributed by atoms with E-state index in [0.29, 0.717) is 11.4 Å². The van der Waals surface area contributed by atoms with Gasteiger partial charge in [0, 0.05) is 11.1 Å². The van der Waals surface area contributed by atoms with Gasteiger partial charge in [-0.05, 0) is 67.0 Å². The fourth-order valence-corrected chi connectivity index (χ4v) is 5.36. The van der Waals surface area contributed by atoms with Gasteiger partial charge in [0.2, 0.25) is 10.0 Å². The molecule has 0 saturated heterocycles. The minimum Gasteiger partial charge on any atom is -0.207 e. The van der Waals surface area contributed by atoms with Gasteiger partial charge in [-0.1, -0.05) is 48.3 Å². The van der Waals surface area contributed by atoms with Gasteiger partial charge < -0.3 is 0 Å². The first-order chi connectivity index (χ1) is 11.9. The van der Waals surface area contributed by atoms with Crippen LogP contribution in [0.25, 0.3) is 0 Å². The standard InChI is InChI=1S/C19H21Cl2NO2S/c1-2-18(15-8-7-13-5-3-4-6-14(13)11-15)22-25(23,24)19-12-16(20)9-10-17(19)21/h7-12,18,22H,2-6H2,1H3. The molecule has 1 atom stereocenters. The molecule has 0 spiro atoms. The van der Waals surface area contributed by atoms with E-state index in [1.807, 2.05) is 13.0 Å². The highest BCUT2D eigenvalue weighted by Crippen LogP contribution is 2.29. The summed E-state index contributed by atoms with van der Waals surface area (Å²) in [6.45, 7) is 1.96. The molecule has 3 nitrogen and oxygen atoms in total. The summed E-state index contributed by atoms with van der Waals surface area (Å²) in [7, 11) is -3.76. The molecule has 6 heteroatoms. The predicted molar refractivity (Wildman–Crippen MR) is 103 cm³/mol. The van der Waals surface area contributed by atoms with Crippen molar-refractivity contribution in [3.63, 3.8) is 0 Å². The van der Waals surface area contributed by atoms with Crippen molar-refractivity contribution < 1.29 is 8.42 Å². The molecule has 0 fully saturated rings. The minimum absolute atomic E-state index is 0.0121. The van der Waals surface area contributed by atoms with Crippen LogP contribution in [0.1, 0.15) is 48.9 Å². The normalized spacial score (nSPS) is 15.6. The van der Waals surface area contributed by atoms with Gasteiger partial charge in [0.25, 0.3) is 0 Å². The van der Waals surface area contributed by atoms with Crippen molar-refractivity contribution in [2.24, 2.45) is 0 Å². The number of sulfonamides is 1. The molecule has 2 aromatic carbocycles. The van der Waals surface area contributed by atoms with Gasteiger partial charge in [0.05, 0.1) is 5.02 Å². The second-order valence-electron chi connectivity index (χ2n) is 6.39. The lowest BCUT2D eigenvalue weighted by atomic mass is 9.89. The molecule has 25 heavy (non-hydrogen) atoms. The summed E-state index contributed by atoms with van der Waals surface area (Å²) >= 11 is 12.0. The third kappa shape index (κ3) is 4.20. The molecule has 0 aromatic heterocycles. The van der Waals surface area contributed by atoms with Crippen LogP contribution < -0.4 is 4.72 Å². The Hall–Kier alpha value is -1.07. The summed E-state index contributed by atoms with van der Waals surface area (Å²) in [6.07, 6.45) is 5.24. The zero-order chi connectivity index (χ0) is 18.0. The van der Waals surface area contributed by atoms with Crippen LogP contribution in [0.3, 0.4) is 0 Å². The first-order valence-corrected chi connectivity index (χ1v) is 10.7. The molecule has 134 valence electrons. The maximum Gasteiger partial charge on any atom is 0.242 e. The zero-order valence-corrected chi connectivity index (χ0v) is 16.4. The van der Waals surface area contributed by atoms with Crippen LogP contribution in [0.15, 0.2) is 41.3 Å². The summed E-state index contributed by atoms with van der Waals surface area (Å²) in [5, 5.41) is 0.504. The second kappa shape index (κ2) is 7.67. The molecule has 1 aliphatic carbocycles. The lowest BCUT2D eigenvalue weighted by Crippen LogP contribution is -2.28. The molecule has 0 aliphatic heterocycles. The Bertz CT molecular complexity index is 881. The van der Waals surface area contributed by atoms with E-state index in [9.17, 15) is 8.42 Å². The Morgan fingerprint density at radius 1 is 1.04 bits per heavy atom. The van der Waals surface area contributed by atoms with E-state index in [1.54, 1.807) is 6.07 Å². The number of nitrogens with one attached hydrogen (secondary N) is 1. The lowest BCUT2D eigenvalue weighted by molar-refractivity contribution is 0.549. The molecule has 0 heterocycles. The van der Waals surface area contributed by atoms with Crippen LogP contribution in [0, 0.1) is 0 Å². The second-order valence-corrected chi connectivity index (χ2v) is 8.92. The fraction of sp³-hybridized carbons (Fsp3) is 0.368. The molecule has 0 amide bonds. The maximum atomic E-state index is 12.8. The lowest BCUT2D eigenvalue weighted by Gasteiger charge is -2.22. The minimum atomic E-state index is -3.76. The number of benzene rings is 2. The Balaban J connectivity index is 1.90. The Morgan fingerprint density at radius 2 is 1.76 bits per heavy atom. The van der Waals surface area contributed by atoms with Gasteiger partial charge in [0.15, 0.2) is 0 Å². The van der Waals surface area contributed by atoms with E-state index in [2.05, 4.69) is 16.9 Å². The molecule has 0 radical (unpaired) electrons. The van der Waals surface area contributed by atoms with Crippen LogP contribution in [0.5, 0.6) is 0 Å². The van der Waals surface area contributed by atoms with Crippen LogP contribution >= 0.6 is 23.2 Å². The van der Waals surface area contributed by atoms with Gasteiger partial charge >= 0.3 is 0 Å². The molecule has 1 aliphatic rings. The summed E-state index contributed by atoms with van der Waals surface area (Å²) in [4.78, 5) is 0.0121. The molecule has 0 saturated carbocycles. The third-order valence-corrected chi connectivity index (χ3v) is 6.85. The Morgan fingerprint density at radius 3 is 2.48 bits per heavy atom. The van der Waals surface area contributed by atoms with Crippen molar-refractivity contribution in [1.82, 2.24) is 4.72 Å². The number of fused-ring (bicyclic) bond motifs is 1. The summed E-state index contributed by atoms with van der Waals surface area (Å²) in [5.41, 5.74) is 3.71. The highest BCUT2D eigenvalue weighted by molar-refractivity contribution is 7.89. The van der Waals surface area contributed by atoms with Crippen molar-refractivity contribution in [3.8, 4) is 0 Å². The van der Waals surface area contributed by atoms with E-state index in [1.165, 1.54) is 36.1 Å². The van der Waals surface area contributed by atoms with Crippen LogP contribution in [-0.4, -0.2) is 8.42 Å². The van der Waals surface area contributed by atoms with Gasteiger partial charge in [-0.15, -0.1) is 0 Å².